The lowest BCUT2D eigenvalue weighted by Crippen LogP contribution is -2.31. The molecular formula is C19H27NO9S. The van der Waals surface area contributed by atoms with Crippen LogP contribution in [0.25, 0.3) is 0 Å². The quantitative estimate of drug-likeness (QED) is 0.133. The van der Waals surface area contributed by atoms with E-state index < -0.39 is 36.1 Å². The lowest BCUT2D eigenvalue weighted by Gasteiger charge is -2.12. The number of hydrogen-bond donors (Lipinski definition) is 2. The van der Waals surface area contributed by atoms with Crippen molar-refractivity contribution in [3.8, 4) is 0 Å². The molecule has 0 bridgehead atoms. The Kier molecular flexibility index (Phi) is 13.7. The molecule has 0 aliphatic rings. The van der Waals surface area contributed by atoms with Crippen molar-refractivity contribution in [3.05, 3.63) is 36.8 Å². The summed E-state index contributed by atoms with van der Waals surface area (Å²) in [6.07, 6.45) is -1.72. The van der Waals surface area contributed by atoms with Crippen LogP contribution in [0.3, 0.4) is 0 Å². The molecule has 0 rings (SSSR count). The van der Waals surface area contributed by atoms with E-state index in [2.05, 4.69) is 29.8 Å². The number of carbonyl (C=O) groups excluding carboxylic acids is 4. The fraction of sp³-hybridized carbons (Fsp3) is 0.474. The predicted octanol–water partition coefficient (Wildman–Crippen LogP) is 1.45. The summed E-state index contributed by atoms with van der Waals surface area (Å²) in [7, 11) is 0. The van der Waals surface area contributed by atoms with Crippen molar-refractivity contribution in [2.75, 3.05) is 31.3 Å². The first-order chi connectivity index (χ1) is 14.0. The minimum Gasteiger partial charge on any atom is -0.460 e. The Morgan fingerprint density at radius 3 is 2.23 bits per heavy atom. The van der Waals surface area contributed by atoms with Crippen LogP contribution in [0, 0.1) is 0 Å². The topological polar surface area (TPSA) is 137 Å². The molecule has 0 fully saturated rings. The highest BCUT2D eigenvalue weighted by atomic mass is 32.2. The second-order valence-electron chi connectivity index (χ2n) is 5.94. The molecule has 0 spiro atoms. The molecule has 30 heavy (non-hydrogen) atoms. The van der Waals surface area contributed by atoms with Crippen molar-refractivity contribution in [1.82, 2.24) is 5.32 Å². The molecule has 0 aromatic carbocycles. The van der Waals surface area contributed by atoms with Gasteiger partial charge in [-0.15, -0.1) is 0 Å². The summed E-state index contributed by atoms with van der Waals surface area (Å²) in [5.74, 6) is -1.87. The highest BCUT2D eigenvalue weighted by Crippen LogP contribution is 2.09. The number of ether oxygens (including phenoxy) is 4. The van der Waals surface area contributed by atoms with Gasteiger partial charge >= 0.3 is 24.0 Å². The molecule has 0 heterocycles. The molecule has 1 unspecified atom stereocenters. The molecule has 0 saturated heterocycles. The number of amides is 1. The van der Waals surface area contributed by atoms with Crippen LogP contribution in [0.2, 0.25) is 0 Å². The van der Waals surface area contributed by atoms with E-state index >= 15 is 0 Å². The standard InChI is InChI=1S/C19H27NO9S/c1-12(2)17(23)26-8-7-20-19(25)27-10-15(21)11-30-9-6-16(22)28-14(5)29-18(24)13(3)4/h15,21H,1,3,5-11H2,2,4H3,(H,20,25). The van der Waals surface area contributed by atoms with Crippen LogP contribution in [0.15, 0.2) is 36.8 Å². The summed E-state index contributed by atoms with van der Waals surface area (Å²) >= 11 is 1.23. The maximum atomic E-state index is 11.6. The Labute approximate surface area is 179 Å². The number of nitrogens with one attached hydrogen (secondary N) is 1. The van der Waals surface area contributed by atoms with Crippen molar-refractivity contribution >= 4 is 35.8 Å². The summed E-state index contributed by atoms with van der Waals surface area (Å²) in [4.78, 5) is 45.4. The highest BCUT2D eigenvalue weighted by Gasteiger charge is 2.13. The number of rotatable bonds is 14. The van der Waals surface area contributed by atoms with E-state index in [0.717, 1.165) is 0 Å². The van der Waals surface area contributed by atoms with E-state index in [4.69, 9.17) is 14.2 Å². The summed E-state index contributed by atoms with van der Waals surface area (Å²) in [6.45, 7) is 12.8. The van der Waals surface area contributed by atoms with E-state index in [-0.39, 0.29) is 43.1 Å². The van der Waals surface area contributed by atoms with Crippen molar-refractivity contribution < 1.29 is 43.2 Å². The van der Waals surface area contributed by atoms with Gasteiger partial charge < -0.3 is 29.4 Å². The lowest BCUT2D eigenvalue weighted by molar-refractivity contribution is -0.151. The molecule has 0 saturated carbocycles. The zero-order valence-corrected chi connectivity index (χ0v) is 17.9. The van der Waals surface area contributed by atoms with E-state index in [1.165, 1.54) is 25.6 Å². The lowest BCUT2D eigenvalue weighted by atomic mass is 10.4. The van der Waals surface area contributed by atoms with Crippen molar-refractivity contribution in [2.45, 2.75) is 26.4 Å². The number of thioether (sulfide) groups is 1. The largest absolute Gasteiger partial charge is 0.460 e. The van der Waals surface area contributed by atoms with E-state index in [9.17, 15) is 24.3 Å². The summed E-state index contributed by atoms with van der Waals surface area (Å²) in [6, 6.07) is 0. The summed E-state index contributed by atoms with van der Waals surface area (Å²) in [5.41, 5.74) is 0.390. The first-order valence-corrected chi connectivity index (χ1v) is 9.94. The van der Waals surface area contributed by atoms with Gasteiger partial charge in [-0.05, 0) is 20.4 Å². The molecule has 0 aliphatic heterocycles. The fourth-order valence-corrected chi connectivity index (χ4v) is 2.30. The predicted molar refractivity (Wildman–Crippen MR) is 109 cm³/mol. The maximum absolute atomic E-state index is 11.6. The molecule has 0 radical (unpaired) electrons. The zero-order valence-electron chi connectivity index (χ0n) is 17.1. The summed E-state index contributed by atoms with van der Waals surface area (Å²) in [5, 5.41) is 12.1. The number of hydrogen-bond acceptors (Lipinski definition) is 10. The second-order valence-corrected chi connectivity index (χ2v) is 7.09. The van der Waals surface area contributed by atoms with Gasteiger partial charge in [-0.1, -0.05) is 13.2 Å². The first kappa shape index (κ1) is 27.2. The third-order valence-corrected chi connectivity index (χ3v) is 4.02. The monoisotopic (exact) mass is 445 g/mol. The van der Waals surface area contributed by atoms with Crippen molar-refractivity contribution in [3.63, 3.8) is 0 Å². The Bertz CT molecular complexity index is 675. The molecule has 0 aromatic rings. The van der Waals surface area contributed by atoms with Gasteiger partial charge in [-0.2, -0.15) is 11.8 Å². The molecule has 0 aromatic heterocycles. The number of alkyl carbamates (subject to hydrolysis) is 1. The summed E-state index contributed by atoms with van der Waals surface area (Å²) < 4.78 is 19.0. The van der Waals surface area contributed by atoms with Crippen LogP contribution in [-0.2, 0) is 33.3 Å². The van der Waals surface area contributed by atoms with Gasteiger partial charge in [0.15, 0.2) is 0 Å². The van der Waals surface area contributed by atoms with E-state index in [1.807, 2.05) is 0 Å². The maximum Gasteiger partial charge on any atom is 0.407 e. The molecule has 1 amide bonds. The molecule has 1 atom stereocenters. The van der Waals surface area contributed by atoms with Crippen LogP contribution in [0.4, 0.5) is 4.79 Å². The third kappa shape index (κ3) is 14.2. The third-order valence-electron chi connectivity index (χ3n) is 2.90. The normalized spacial score (nSPS) is 10.9. The average molecular weight is 445 g/mol. The van der Waals surface area contributed by atoms with Crippen LogP contribution < -0.4 is 5.32 Å². The van der Waals surface area contributed by atoms with Gasteiger partial charge in [0, 0.05) is 22.7 Å². The van der Waals surface area contributed by atoms with Gasteiger partial charge in [-0.25, -0.2) is 14.4 Å². The number of carbonyl (C=O) groups is 4. The van der Waals surface area contributed by atoms with E-state index in [1.54, 1.807) is 0 Å². The zero-order chi connectivity index (χ0) is 23.1. The minimum atomic E-state index is -0.940. The van der Waals surface area contributed by atoms with E-state index in [0.29, 0.717) is 5.75 Å². The number of aliphatic hydroxyl groups excluding tert-OH is 1. The van der Waals surface area contributed by atoms with Gasteiger partial charge in [0.25, 0.3) is 5.95 Å². The first-order valence-electron chi connectivity index (χ1n) is 8.79. The Hall–Kier alpha value is -2.79. The smallest absolute Gasteiger partial charge is 0.407 e. The molecule has 2 N–H and O–H groups in total. The van der Waals surface area contributed by atoms with Crippen LogP contribution in [-0.4, -0.2) is 66.5 Å². The van der Waals surface area contributed by atoms with Crippen molar-refractivity contribution in [1.29, 1.82) is 0 Å². The minimum absolute atomic E-state index is 0.00866. The van der Waals surface area contributed by atoms with Crippen molar-refractivity contribution in [2.24, 2.45) is 0 Å². The SMILES string of the molecule is C=C(OC(=O)CCSCC(O)COC(=O)NCCOC(=O)C(=C)C)OC(=O)C(=C)C. The number of aliphatic hydroxyl groups is 1. The number of esters is 3. The Morgan fingerprint density at radius 2 is 1.63 bits per heavy atom. The Morgan fingerprint density at radius 1 is 1.00 bits per heavy atom. The Balaban J connectivity index is 3.79. The molecule has 168 valence electrons. The molecule has 10 nitrogen and oxygen atoms in total. The van der Waals surface area contributed by atoms with Crippen LogP contribution in [0.5, 0.6) is 0 Å². The highest BCUT2D eigenvalue weighted by molar-refractivity contribution is 7.99. The van der Waals surface area contributed by atoms with Crippen LogP contribution >= 0.6 is 11.8 Å². The van der Waals surface area contributed by atoms with Crippen LogP contribution in [0.1, 0.15) is 20.3 Å². The molecule has 0 aliphatic carbocycles. The molecule has 11 heteroatoms. The average Bonchev–Trinajstić information content (AvgIpc) is 2.66. The van der Waals surface area contributed by atoms with Gasteiger partial charge in [0.1, 0.15) is 13.2 Å². The van der Waals surface area contributed by atoms with Gasteiger partial charge in [-0.3, -0.25) is 4.79 Å². The second kappa shape index (κ2) is 15.1. The van der Waals surface area contributed by atoms with Gasteiger partial charge in [0.2, 0.25) is 0 Å². The fourth-order valence-electron chi connectivity index (χ4n) is 1.46. The van der Waals surface area contributed by atoms with Gasteiger partial charge in [0.05, 0.1) is 19.1 Å². The molecular weight excluding hydrogens is 418 g/mol.